The summed E-state index contributed by atoms with van der Waals surface area (Å²) in [7, 11) is 0. The first-order chi connectivity index (χ1) is 16.2. The number of hydrogen-bond acceptors (Lipinski definition) is 2. The van der Waals surface area contributed by atoms with Crippen molar-refractivity contribution in [3.63, 3.8) is 0 Å². The zero-order chi connectivity index (χ0) is 22.6. The Balaban J connectivity index is 1.70. The Morgan fingerprint density at radius 1 is 0.758 bits per heavy atom. The van der Waals surface area contributed by atoms with Gasteiger partial charge >= 0.3 is 0 Å². The molecule has 2 nitrogen and oxygen atoms in total. The van der Waals surface area contributed by atoms with Crippen molar-refractivity contribution in [1.82, 2.24) is 0 Å². The van der Waals surface area contributed by atoms with Gasteiger partial charge in [-0.1, -0.05) is 110 Å². The van der Waals surface area contributed by atoms with Crippen LogP contribution in [0.2, 0.25) is 0 Å². The standard InChI is InChI=1S/C31H26N2/c1-2-9-21(19-32)31(28-14-7-5-11-24(28)25-12-6-8-15-29(25)31)20-16-17-23-22-10-3-4-13-26(22)30(33)27(23)18-20/h2-18,30H,1,19,32-33H2/b21-9+. The molecule has 0 spiro atoms. The van der Waals surface area contributed by atoms with Crippen LogP contribution in [0.4, 0.5) is 0 Å². The van der Waals surface area contributed by atoms with Crippen LogP contribution in [0.1, 0.15) is 33.9 Å². The van der Waals surface area contributed by atoms with Crippen LogP contribution >= 0.6 is 0 Å². The van der Waals surface area contributed by atoms with Crippen LogP contribution in [0.25, 0.3) is 22.3 Å². The molecular weight excluding hydrogens is 400 g/mol. The maximum Gasteiger partial charge on any atom is 0.0688 e. The zero-order valence-electron chi connectivity index (χ0n) is 18.5. The molecular formula is C31H26N2. The third-order valence-corrected chi connectivity index (χ3v) is 7.38. The third kappa shape index (κ3) is 2.56. The van der Waals surface area contributed by atoms with Crippen molar-refractivity contribution in [3.05, 3.63) is 143 Å². The molecule has 0 fully saturated rings. The molecule has 160 valence electrons. The van der Waals surface area contributed by atoms with E-state index in [0.717, 1.165) is 5.57 Å². The van der Waals surface area contributed by atoms with E-state index in [2.05, 4.69) is 104 Å². The number of fused-ring (bicyclic) bond motifs is 6. The smallest absolute Gasteiger partial charge is 0.0688 e. The molecule has 0 saturated carbocycles. The number of allylic oxidation sites excluding steroid dienone is 2. The molecule has 0 amide bonds. The highest BCUT2D eigenvalue weighted by Crippen LogP contribution is 2.57. The van der Waals surface area contributed by atoms with Crippen molar-refractivity contribution in [2.45, 2.75) is 11.5 Å². The van der Waals surface area contributed by atoms with Gasteiger partial charge in [-0.15, -0.1) is 0 Å². The van der Waals surface area contributed by atoms with Crippen LogP contribution in [-0.2, 0) is 5.41 Å². The largest absolute Gasteiger partial charge is 0.327 e. The first-order valence-corrected chi connectivity index (χ1v) is 11.4. The van der Waals surface area contributed by atoms with Gasteiger partial charge in [0.1, 0.15) is 0 Å². The molecule has 0 aromatic heterocycles. The topological polar surface area (TPSA) is 52.0 Å². The summed E-state index contributed by atoms with van der Waals surface area (Å²) in [6.07, 6.45) is 3.93. The Morgan fingerprint density at radius 3 is 1.97 bits per heavy atom. The highest BCUT2D eigenvalue weighted by molar-refractivity contribution is 5.87. The van der Waals surface area contributed by atoms with Gasteiger partial charge in [0.15, 0.2) is 0 Å². The number of rotatable bonds is 4. The predicted octanol–water partition coefficient (Wildman–Crippen LogP) is 6.10. The SMILES string of the molecule is C=C/C=C(\CN)C1(c2ccc3c(c2)C(N)c2ccccc2-3)c2ccccc2-c2ccccc21. The molecule has 0 aliphatic heterocycles. The van der Waals surface area contributed by atoms with Gasteiger partial charge in [-0.2, -0.15) is 0 Å². The Labute approximate surface area is 194 Å². The molecule has 1 unspecified atom stereocenters. The lowest BCUT2D eigenvalue weighted by molar-refractivity contribution is 0.722. The van der Waals surface area contributed by atoms with Crippen LogP contribution in [0.15, 0.2) is 115 Å². The Morgan fingerprint density at radius 2 is 1.33 bits per heavy atom. The molecule has 0 radical (unpaired) electrons. The van der Waals surface area contributed by atoms with E-state index in [1.807, 2.05) is 6.08 Å². The van der Waals surface area contributed by atoms with Gasteiger partial charge in [0.2, 0.25) is 0 Å². The molecule has 4 aromatic rings. The molecule has 0 saturated heterocycles. The van der Waals surface area contributed by atoms with Gasteiger partial charge < -0.3 is 11.5 Å². The highest BCUT2D eigenvalue weighted by atomic mass is 14.7. The van der Waals surface area contributed by atoms with Crippen molar-refractivity contribution in [1.29, 1.82) is 0 Å². The minimum absolute atomic E-state index is 0.134. The fourth-order valence-corrected chi connectivity index (χ4v) is 6.05. The fraction of sp³-hybridized carbons (Fsp3) is 0.0968. The summed E-state index contributed by atoms with van der Waals surface area (Å²) in [5, 5.41) is 0. The molecule has 33 heavy (non-hydrogen) atoms. The number of nitrogens with two attached hydrogens (primary N) is 2. The Hall–Kier alpha value is -3.72. The minimum Gasteiger partial charge on any atom is -0.327 e. The van der Waals surface area contributed by atoms with E-state index in [0.29, 0.717) is 6.54 Å². The average molecular weight is 427 g/mol. The first kappa shape index (κ1) is 19.9. The van der Waals surface area contributed by atoms with Crippen molar-refractivity contribution in [2.24, 2.45) is 11.5 Å². The zero-order valence-corrected chi connectivity index (χ0v) is 18.5. The monoisotopic (exact) mass is 426 g/mol. The lowest BCUT2D eigenvalue weighted by Crippen LogP contribution is -2.33. The van der Waals surface area contributed by atoms with Crippen LogP contribution < -0.4 is 11.5 Å². The second-order valence-corrected chi connectivity index (χ2v) is 8.84. The third-order valence-electron chi connectivity index (χ3n) is 7.38. The van der Waals surface area contributed by atoms with Gasteiger partial charge in [0.05, 0.1) is 11.5 Å². The molecule has 4 N–H and O–H groups in total. The van der Waals surface area contributed by atoms with E-state index in [9.17, 15) is 0 Å². The summed E-state index contributed by atoms with van der Waals surface area (Å²) in [6, 6.07) is 32.5. The van der Waals surface area contributed by atoms with Gasteiger partial charge in [-0.3, -0.25) is 0 Å². The Kier molecular flexibility index (Phi) is 4.48. The molecule has 2 heteroatoms. The summed E-state index contributed by atoms with van der Waals surface area (Å²) in [6.45, 7) is 4.43. The van der Waals surface area contributed by atoms with Crippen molar-refractivity contribution in [2.75, 3.05) is 6.54 Å². The van der Waals surface area contributed by atoms with E-state index in [1.54, 1.807) is 0 Å². The lowest BCUT2D eigenvalue weighted by atomic mass is 9.66. The Bertz CT molecular complexity index is 1400. The summed E-state index contributed by atoms with van der Waals surface area (Å²) in [5.74, 6) is 0. The second kappa shape index (κ2) is 7.41. The first-order valence-electron chi connectivity index (χ1n) is 11.4. The van der Waals surface area contributed by atoms with E-state index in [-0.39, 0.29) is 6.04 Å². The molecule has 1 atom stereocenters. The van der Waals surface area contributed by atoms with Crippen LogP contribution in [-0.4, -0.2) is 6.54 Å². The second-order valence-electron chi connectivity index (χ2n) is 8.84. The molecule has 4 aromatic carbocycles. The normalized spacial score (nSPS) is 17.2. The maximum absolute atomic E-state index is 6.77. The summed E-state index contributed by atoms with van der Waals surface area (Å²) in [4.78, 5) is 0. The molecule has 2 aliphatic rings. The average Bonchev–Trinajstić information content (AvgIpc) is 3.33. The molecule has 0 heterocycles. The molecule has 2 aliphatic carbocycles. The van der Waals surface area contributed by atoms with Crippen LogP contribution in [0.3, 0.4) is 0 Å². The summed E-state index contributed by atoms with van der Waals surface area (Å²) < 4.78 is 0. The van der Waals surface area contributed by atoms with Gasteiger partial charge in [0, 0.05) is 6.54 Å². The fourth-order valence-electron chi connectivity index (χ4n) is 6.05. The van der Waals surface area contributed by atoms with Gasteiger partial charge in [0.25, 0.3) is 0 Å². The van der Waals surface area contributed by atoms with E-state index >= 15 is 0 Å². The highest BCUT2D eigenvalue weighted by Gasteiger charge is 2.47. The maximum atomic E-state index is 6.77. The lowest BCUT2D eigenvalue weighted by Gasteiger charge is -2.36. The van der Waals surface area contributed by atoms with E-state index in [1.165, 1.54) is 50.1 Å². The van der Waals surface area contributed by atoms with Gasteiger partial charge in [-0.05, 0) is 55.6 Å². The molecule has 0 bridgehead atoms. The van der Waals surface area contributed by atoms with Crippen molar-refractivity contribution < 1.29 is 0 Å². The predicted molar refractivity (Wildman–Crippen MR) is 137 cm³/mol. The van der Waals surface area contributed by atoms with Gasteiger partial charge in [-0.25, -0.2) is 0 Å². The summed E-state index contributed by atoms with van der Waals surface area (Å²) in [5.41, 5.74) is 24.9. The summed E-state index contributed by atoms with van der Waals surface area (Å²) >= 11 is 0. The number of hydrogen-bond donors (Lipinski definition) is 2. The van der Waals surface area contributed by atoms with E-state index < -0.39 is 5.41 Å². The number of benzene rings is 4. The minimum atomic E-state index is -0.486. The molecule has 6 rings (SSSR count). The van der Waals surface area contributed by atoms with Crippen LogP contribution in [0, 0.1) is 0 Å². The van der Waals surface area contributed by atoms with E-state index in [4.69, 9.17) is 11.5 Å². The quantitative estimate of drug-likeness (QED) is 0.387. The van der Waals surface area contributed by atoms with Crippen molar-refractivity contribution in [3.8, 4) is 22.3 Å². The van der Waals surface area contributed by atoms with Crippen LogP contribution in [0.5, 0.6) is 0 Å². The van der Waals surface area contributed by atoms with Crippen molar-refractivity contribution >= 4 is 0 Å².